The number of hydrogen-bond acceptors (Lipinski definition) is 3. The first-order valence-electron chi connectivity index (χ1n) is 7.46. The monoisotopic (exact) mass is 329 g/mol. The zero-order valence-electron chi connectivity index (χ0n) is 12.7. The van der Waals surface area contributed by atoms with Gasteiger partial charge in [-0.2, -0.15) is 13.2 Å². The van der Waals surface area contributed by atoms with E-state index in [2.05, 4.69) is 0 Å². The summed E-state index contributed by atoms with van der Waals surface area (Å²) in [5.41, 5.74) is 1.22. The molecule has 126 valence electrons. The zero-order chi connectivity index (χ0) is 17.0. The van der Waals surface area contributed by atoms with Crippen LogP contribution in [0.25, 0.3) is 0 Å². The van der Waals surface area contributed by atoms with Crippen LogP contribution in [0.5, 0.6) is 0 Å². The first-order chi connectivity index (χ1) is 10.8. The highest BCUT2D eigenvalue weighted by Crippen LogP contribution is 2.29. The highest BCUT2D eigenvalue weighted by atomic mass is 19.4. The Morgan fingerprint density at radius 2 is 1.91 bits per heavy atom. The van der Waals surface area contributed by atoms with Crippen molar-refractivity contribution in [3.05, 3.63) is 35.4 Å². The van der Waals surface area contributed by atoms with Gasteiger partial charge in [0, 0.05) is 19.0 Å². The van der Waals surface area contributed by atoms with Crippen LogP contribution in [0.3, 0.4) is 0 Å². The maximum atomic E-state index is 12.5. The number of amides is 1. The topological polar surface area (TPSA) is 46.6 Å². The van der Waals surface area contributed by atoms with Crippen molar-refractivity contribution in [2.75, 3.05) is 19.7 Å². The predicted octanol–water partition coefficient (Wildman–Crippen LogP) is 3.13. The Bertz CT molecular complexity index is 569. The van der Waals surface area contributed by atoms with Crippen LogP contribution in [0.4, 0.5) is 13.2 Å². The van der Waals surface area contributed by atoms with E-state index in [0.717, 1.165) is 10.5 Å². The van der Waals surface area contributed by atoms with E-state index in [0.29, 0.717) is 18.4 Å². The second-order valence-electron chi connectivity index (χ2n) is 5.43. The van der Waals surface area contributed by atoms with Crippen molar-refractivity contribution in [3.63, 3.8) is 0 Å². The van der Waals surface area contributed by atoms with Crippen molar-refractivity contribution in [1.29, 1.82) is 0 Å². The van der Waals surface area contributed by atoms with Crippen molar-refractivity contribution >= 4 is 11.9 Å². The van der Waals surface area contributed by atoms with Crippen molar-refractivity contribution in [2.24, 2.45) is 0 Å². The summed E-state index contributed by atoms with van der Waals surface area (Å²) in [5.74, 6) is -2.38. The van der Waals surface area contributed by atoms with Crippen LogP contribution in [0.15, 0.2) is 24.3 Å². The molecule has 7 heteroatoms. The summed E-state index contributed by atoms with van der Waals surface area (Å²) in [6, 6.07) is 6.60. The van der Waals surface area contributed by atoms with Crippen molar-refractivity contribution in [3.8, 4) is 0 Å². The lowest BCUT2D eigenvalue weighted by Gasteiger charge is -2.33. The van der Waals surface area contributed by atoms with Crippen LogP contribution in [-0.4, -0.2) is 42.6 Å². The number of carbonyl (C=O) groups is 2. The van der Waals surface area contributed by atoms with Gasteiger partial charge in [-0.3, -0.25) is 4.79 Å². The number of nitrogens with zero attached hydrogens (tertiary/aromatic N) is 1. The first kappa shape index (κ1) is 17.3. The van der Waals surface area contributed by atoms with Gasteiger partial charge in [0.25, 0.3) is 0 Å². The van der Waals surface area contributed by atoms with Crippen molar-refractivity contribution in [1.82, 2.24) is 4.90 Å². The van der Waals surface area contributed by atoms with E-state index in [1.54, 1.807) is 31.2 Å². The van der Waals surface area contributed by atoms with Crippen LogP contribution in [0.1, 0.15) is 41.6 Å². The Hall–Kier alpha value is -2.05. The summed E-state index contributed by atoms with van der Waals surface area (Å²) < 4.78 is 42.5. The molecule has 1 saturated heterocycles. The minimum absolute atomic E-state index is 0.0388. The molecule has 1 amide bonds. The molecule has 23 heavy (non-hydrogen) atoms. The lowest BCUT2D eigenvalue weighted by Crippen LogP contribution is -2.45. The largest absolute Gasteiger partial charge is 0.471 e. The van der Waals surface area contributed by atoms with Gasteiger partial charge in [0.2, 0.25) is 0 Å². The number of hydrogen-bond donors (Lipinski definition) is 0. The summed E-state index contributed by atoms with van der Waals surface area (Å²) in [4.78, 5) is 23.8. The standard InChI is InChI=1S/C16H18F3NO3/c1-2-23-14(21)12-7-5-11(6-8-12)13-4-3-9-20(10-13)15(22)16(17,18)19/h5-8,13H,2-4,9-10H2,1H3/t13-/m0/s1. The number of carbonyl (C=O) groups excluding carboxylic acids is 2. The smallest absolute Gasteiger partial charge is 0.462 e. The highest BCUT2D eigenvalue weighted by molar-refractivity contribution is 5.89. The van der Waals surface area contributed by atoms with Crippen LogP contribution < -0.4 is 0 Å². The highest BCUT2D eigenvalue weighted by Gasteiger charge is 2.43. The number of alkyl halides is 3. The van der Waals surface area contributed by atoms with E-state index in [1.807, 2.05) is 0 Å². The molecule has 2 rings (SSSR count). The van der Waals surface area contributed by atoms with Gasteiger partial charge >= 0.3 is 18.1 Å². The van der Waals surface area contributed by atoms with E-state index in [1.165, 1.54) is 0 Å². The fourth-order valence-corrected chi connectivity index (χ4v) is 2.72. The summed E-state index contributed by atoms with van der Waals surface area (Å²) in [6.45, 7) is 2.14. The summed E-state index contributed by atoms with van der Waals surface area (Å²) in [6.07, 6.45) is -3.61. The molecule has 1 atom stereocenters. The fourth-order valence-electron chi connectivity index (χ4n) is 2.72. The quantitative estimate of drug-likeness (QED) is 0.801. The Kier molecular flexibility index (Phi) is 5.28. The molecule has 0 N–H and O–H groups in total. The van der Waals surface area contributed by atoms with Gasteiger partial charge in [-0.25, -0.2) is 4.79 Å². The number of likely N-dealkylation sites (tertiary alicyclic amines) is 1. The van der Waals surface area contributed by atoms with Gasteiger partial charge in [0.15, 0.2) is 0 Å². The Morgan fingerprint density at radius 3 is 2.48 bits per heavy atom. The summed E-state index contributed by atoms with van der Waals surface area (Å²) >= 11 is 0. The first-order valence-corrected chi connectivity index (χ1v) is 7.46. The van der Waals surface area contributed by atoms with Crippen molar-refractivity contribution < 1.29 is 27.5 Å². The van der Waals surface area contributed by atoms with Gasteiger partial charge in [-0.05, 0) is 37.5 Å². The predicted molar refractivity (Wildman–Crippen MR) is 77.0 cm³/mol. The molecule has 4 nitrogen and oxygen atoms in total. The summed E-state index contributed by atoms with van der Waals surface area (Å²) in [5, 5.41) is 0. The third kappa shape index (κ3) is 4.24. The van der Waals surface area contributed by atoms with Crippen LogP contribution >= 0.6 is 0 Å². The molecule has 0 saturated carbocycles. The van der Waals surface area contributed by atoms with E-state index in [-0.39, 0.29) is 25.6 Å². The third-order valence-electron chi connectivity index (χ3n) is 3.84. The molecule has 0 unspecified atom stereocenters. The molecule has 0 radical (unpaired) electrons. The summed E-state index contributed by atoms with van der Waals surface area (Å²) in [7, 11) is 0. The lowest BCUT2D eigenvalue weighted by atomic mass is 9.90. The SMILES string of the molecule is CCOC(=O)c1ccc([C@H]2CCCN(C(=O)C(F)(F)F)C2)cc1. The third-order valence-corrected chi connectivity index (χ3v) is 3.84. The number of esters is 1. The van der Waals surface area contributed by atoms with Crippen LogP contribution in [0, 0.1) is 0 Å². The Labute approximate surface area is 132 Å². The molecular weight excluding hydrogens is 311 g/mol. The number of ether oxygens (including phenoxy) is 1. The maximum Gasteiger partial charge on any atom is 0.471 e. The average Bonchev–Trinajstić information content (AvgIpc) is 2.54. The Balaban J connectivity index is 2.07. The van der Waals surface area contributed by atoms with Crippen LogP contribution in [-0.2, 0) is 9.53 Å². The van der Waals surface area contributed by atoms with Gasteiger partial charge in [0.1, 0.15) is 0 Å². The lowest BCUT2D eigenvalue weighted by molar-refractivity contribution is -0.186. The molecule has 1 aliphatic heterocycles. The maximum absolute atomic E-state index is 12.5. The van der Waals surface area contributed by atoms with Crippen molar-refractivity contribution in [2.45, 2.75) is 31.9 Å². The normalized spacial score (nSPS) is 18.6. The number of halogens is 3. The molecule has 0 spiro atoms. The molecule has 0 aromatic heterocycles. The molecule has 1 heterocycles. The molecule has 0 aliphatic carbocycles. The molecule has 1 aliphatic rings. The van der Waals surface area contributed by atoms with E-state index in [4.69, 9.17) is 4.74 Å². The molecular formula is C16H18F3NO3. The van der Waals surface area contributed by atoms with Gasteiger partial charge in [-0.1, -0.05) is 12.1 Å². The minimum atomic E-state index is -4.84. The minimum Gasteiger partial charge on any atom is -0.462 e. The van der Waals surface area contributed by atoms with E-state index >= 15 is 0 Å². The van der Waals surface area contributed by atoms with E-state index < -0.39 is 18.1 Å². The van der Waals surface area contributed by atoms with Gasteiger partial charge in [0.05, 0.1) is 12.2 Å². The Morgan fingerprint density at radius 1 is 1.26 bits per heavy atom. The second-order valence-corrected chi connectivity index (χ2v) is 5.43. The zero-order valence-corrected chi connectivity index (χ0v) is 12.7. The molecule has 1 fully saturated rings. The fraction of sp³-hybridized carbons (Fsp3) is 0.500. The number of piperidine rings is 1. The van der Waals surface area contributed by atoms with Gasteiger partial charge in [-0.15, -0.1) is 0 Å². The molecule has 1 aromatic carbocycles. The van der Waals surface area contributed by atoms with E-state index in [9.17, 15) is 22.8 Å². The van der Waals surface area contributed by atoms with Gasteiger partial charge < -0.3 is 9.64 Å². The van der Waals surface area contributed by atoms with Crippen LogP contribution in [0.2, 0.25) is 0 Å². The number of benzene rings is 1. The average molecular weight is 329 g/mol. The second kappa shape index (κ2) is 7.02. The molecule has 1 aromatic rings. The number of rotatable bonds is 3. The molecule has 0 bridgehead atoms.